The van der Waals surface area contributed by atoms with Gasteiger partial charge in [-0.25, -0.2) is 13.2 Å². The highest BCUT2D eigenvalue weighted by Crippen LogP contribution is 2.20. The van der Waals surface area contributed by atoms with Crippen LogP contribution in [0.1, 0.15) is 36.0 Å². The topological polar surface area (TPSA) is 26.3 Å². The molecular formula is C13H13F3O2. The van der Waals surface area contributed by atoms with Gasteiger partial charge in [-0.05, 0) is 31.4 Å². The number of ketones is 1. The molecule has 1 heterocycles. The first kappa shape index (κ1) is 13.1. The zero-order valence-electron chi connectivity index (χ0n) is 9.72. The van der Waals surface area contributed by atoms with E-state index in [2.05, 4.69) is 0 Å². The van der Waals surface area contributed by atoms with Gasteiger partial charge >= 0.3 is 0 Å². The second-order valence-corrected chi connectivity index (χ2v) is 4.35. The molecule has 1 fully saturated rings. The van der Waals surface area contributed by atoms with E-state index in [0.29, 0.717) is 13.0 Å². The summed E-state index contributed by atoms with van der Waals surface area (Å²) in [5.41, 5.74) is -0.135. The standard InChI is InChI=1S/C13H13F3O2/c14-10-6-8(7-11(15)13(10)16)12(17)4-3-9-2-1-5-18-9/h6-7,9H,1-5H2. The Hall–Kier alpha value is -1.36. The molecule has 5 heteroatoms. The number of halogens is 3. The predicted molar refractivity (Wildman–Crippen MR) is 58.9 cm³/mol. The number of hydrogen-bond acceptors (Lipinski definition) is 2. The highest BCUT2D eigenvalue weighted by atomic mass is 19.2. The molecule has 1 unspecified atom stereocenters. The van der Waals surface area contributed by atoms with E-state index in [9.17, 15) is 18.0 Å². The molecule has 0 spiro atoms. The average Bonchev–Trinajstić information content (AvgIpc) is 2.85. The number of carbonyl (C=O) groups excluding carboxylic acids is 1. The van der Waals surface area contributed by atoms with Crippen LogP contribution in [-0.2, 0) is 4.74 Å². The van der Waals surface area contributed by atoms with Crippen LogP contribution in [0.25, 0.3) is 0 Å². The number of Topliss-reactive ketones (excluding diaryl/α,β-unsaturated/α-hetero) is 1. The molecule has 0 aliphatic carbocycles. The summed E-state index contributed by atoms with van der Waals surface area (Å²) in [6.45, 7) is 0.693. The fraction of sp³-hybridized carbons (Fsp3) is 0.462. The van der Waals surface area contributed by atoms with Gasteiger partial charge in [0.05, 0.1) is 6.10 Å². The van der Waals surface area contributed by atoms with Crippen LogP contribution in [0.15, 0.2) is 12.1 Å². The first-order chi connectivity index (χ1) is 8.58. The van der Waals surface area contributed by atoms with Crippen LogP contribution < -0.4 is 0 Å². The Balaban J connectivity index is 2.00. The van der Waals surface area contributed by atoms with Crippen molar-refractivity contribution in [2.75, 3.05) is 6.61 Å². The average molecular weight is 258 g/mol. The van der Waals surface area contributed by atoms with Crippen molar-refractivity contribution in [3.8, 4) is 0 Å². The van der Waals surface area contributed by atoms with Gasteiger partial charge < -0.3 is 4.74 Å². The van der Waals surface area contributed by atoms with Gasteiger partial charge in [-0.2, -0.15) is 0 Å². The van der Waals surface area contributed by atoms with E-state index in [0.717, 1.165) is 25.0 Å². The normalized spacial score (nSPS) is 19.2. The monoisotopic (exact) mass is 258 g/mol. The quantitative estimate of drug-likeness (QED) is 0.612. The summed E-state index contributed by atoms with van der Waals surface area (Å²) in [4.78, 5) is 11.7. The third-order valence-electron chi connectivity index (χ3n) is 3.02. The zero-order chi connectivity index (χ0) is 13.1. The highest BCUT2D eigenvalue weighted by Gasteiger charge is 2.19. The lowest BCUT2D eigenvalue weighted by Crippen LogP contribution is -2.09. The summed E-state index contributed by atoms with van der Waals surface area (Å²) in [6.07, 6.45) is 2.59. The maximum absolute atomic E-state index is 12.9. The molecule has 0 amide bonds. The van der Waals surface area contributed by atoms with E-state index in [4.69, 9.17) is 4.74 Å². The molecule has 0 aromatic heterocycles. The molecule has 1 aliphatic heterocycles. The van der Waals surface area contributed by atoms with Crippen molar-refractivity contribution in [3.05, 3.63) is 35.1 Å². The van der Waals surface area contributed by atoms with Crippen molar-refractivity contribution in [3.63, 3.8) is 0 Å². The van der Waals surface area contributed by atoms with E-state index < -0.39 is 23.2 Å². The first-order valence-electron chi connectivity index (χ1n) is 5.87. The van der Waals surface area contributed by atoms with Crippen molar-refractivity contribution in [1.29, 1.82) is 0 Å². The zero-order valence-corrected chi connectivity index (χ0v) is 9.72. The molecule has 2 rings (SSSR count). The molecule has 1 atom stereocenters. The third kappa shape index (κ3) is 2.90. The second-order valence-electron chi connectivity index (χ2n) is 4.35. The Morgan fingerprint density at radius 2 is 1.94 bits per heavy atom. The molecular weight excluding hydrogens is 245 g/mol. The minimum Gasteiger partial charge on any atom is -0.378 e. The summed E-state index contributed by atoms with van der Waals surface area (Å²) in [5.74, 6) is -4.63. The van der Waals surface area contributed by atoms with Crippen LogP contribution in [0.2, 0.25) is 0 Å². The van der Waals surface area contributed by atoms with Gasteiger partial charge in [-0.15, -0.1) is 0 Å². The summed E-state index contributed by atoms with van der Waals surface area (Å²) in [5, 5.41) is 0. The van der Waals surface area contributed by atoms with Gasteiger partial charge in [0, 0.05) is 18.6 Å². The Labute approximate surface area is 103 Å². The summed E-state index contributed by atoms with van der Waals surface area (Å²) < 4.78 is 44.0. The highest BCUT2D eigenvalue weighted by molar-refractivity contribution is 5.96. The molecule has 98 valence electrons. The Morgan fingerprint density at radius 1 is 1.28 bits per heavy atom. The van der Waals surface area contributed by atoms with Crippen LogP contribution in [-0.4, -0.2) is 18.5 Å². The van der Waals surface area contributed by atoms with Crippen LogP contribution in [0.3, 0.4) is 0 Å². The van der Waals surface area contributed by atoms with E-state index in [1.807, 2.05) is 0 Å². The Kier molecular flexibility index (Phi) is 4.01. The van der Waals surface area contributed by atoms with Crippen LogP contribution in [0.4, 0.5) is 13.2 Å². The van der Waals surface area contributed by atoms with Crippen molar-refractivity contribution in [2.45, 2.75) is 31.8 Å². The smallest absolute Gasteiger partial charge is 0.194 e. The van der Waals surface area contributed by atoms with Crippen molar-refractivity contribution >= 4 is 5.78 Å². The van der Waals surface area contributed by atoms with Crippen LogP contribution in [0.5, 0.6) is 0 Å². The number of ether oxygens (including phenoxy) is 1. The first-order valence-corrected chi connectivity index (χ1v) is 5.87. The largest absolute Gasteiger partial charge is 0.378 e. The fourth-order valence-electron chi connectivity index (χ4n) is 2.02. The summed E-state index contributed by atoms with van der Waals surface area (Å²) >= 11 is 0. The maximum atomic E-state index is 12.9. The minimum absolute atomic E-state index is 0.0455. The lowest BCUT2D eigenvalue weighted by molar-refractivity contribution is 0.0858. The summed E-state index contributed by atoms with van der Waals surface area (Å²) in [6, 6.07) is 1.46. The number of carbonyl (C=O) groups is 1. The lowest BCUT2D eigenvalue weighted by atomic mass is 10.0. The summed E-state index contributed by atoms with van der Waals surface area (Å²) in [7, 11) is 0. The molecule has 1 aromatic rings. The van der Waals surface area contributed by atoms with Crippen molar-refractivity contribution in [1.82, 2.24) is 0 Å². The molecule has 18 heavy (non-hydrogen) atoms. The molecule has 0 bridgehead atoms. The Morgan fingerprint density at radius 3 is 2.50 bits per heavy atom. The number of benzene rings is 1. The second kappa shape index (κ2) is 5.52. The van der Waals surface area contributed by atoms with Gasteiger partial charge in [-0.3, -0.25) is 4.79 Å². The third-order valence-corrected chi connectivity index (χ3v) is 3.02. The minimum atomic E-state index is -1.55. The van der Waals surface area contributed by atoms with Gasteiger partial charge in [-0.1, -0.05) is 0 Å². The van der Waals surface area contributed by atoms with Crippen molar-refractivity contribution < 1.29 is 22.7 Å². The number of rotatable bonds is 4. The maximum Gasteiger partial charge on any atom is 0.194 e. The van der Waals surface area contributed by atoms with Gasteiger partial charge in [0.25, 0.3) is 0 Å². The van der Waals surface area contributed by atoms with E-state index in [-0.39, 0.29) is 18.1 Å². The van der Waals surface area contributed by atoms with E-state index in [1.165, 1.54) is 0 Å². The van der Waals surface area contributed by atoms with Crippen molar-refractivity contribution in [2.24, 2.45) is 0 Å². The van der Waals surface area contributed by atoms with Gasteiger partial charge in [0.2, 0.25) is 0 Å². The molecule has 1 aliphatic rings. The molecule has 2 nitrogen and oxygen atoms in total. The molecule has 1 saturated heterocycles. The SMILES string of the molecule is O=C(CCC1CCCO1)c1cc(F)c(F)c(F)c1. The molecule has 0 saturated carbocycles. The molecule has 0 N–H and O–H groups in total. The molecule has 0 radical (unpaired) electrons. The van der Waals surface area contributed by atoms with Crippen LogP contribution >= 0.6 is 0 Å². The van der Waals surface area contributed by atoms with E-state index >= 15 is 0 Å². The molecule has 1 aromatic carbocycles. The van der Waals surface area contributed by atoms with E-state index in [1.54, 1.807) is 0 Å². The van der Waals surface area contributed by atoms with Gasteiger partial charge in [0.15, 0.2) is 23.2 Å². The predicted octanol–water partition coefficient (Wildman–Crippen LogP) is 3.25. The Bertz CT molecular complexity index is 431. The van der Waals surface area contributed by atoms with Gasteiger partial charge in [0.1, 0.15) is 0 Å². The lowest BCUT2D eigenvalue weighted by Gasteiger charge is -2.08. The van der Waals surface area contributed by atoms with Crippen LogP contribution in [0, 0.1) is 17.5 Å². The number of hydrogen-bond donors (Lipinski definition) is 0. The fourth-order valence-corrected chi connectivity index (χ4v) is 2.02.